The van der Waals surface area contributed by atoms with Gasteiger partial charge in [-0.2, -0.15) is 4.98 Å². The van der Waals surface area contributed by atoms with Crippen LogP contribution in [0.2, 0.25) is 5.02 Å². The highest BCUT2D eigenvalue weighted by atomic mass is 35.5. The predicted octanol–water partition coefficient (Wildman–Crippen LogP) is 3.72. The molecule has 4 aromatic rings. The van der Waals surface area contributed by atoms with Gasteiger partial charge < -0.3 is 0 Å². The SMILES string of the molecule is Cc1ccc(S(=O)(=O)n2ccc(C(=O)Nc3n[nH]c(-c4ccc(Cl)cc4)n3)c2)cc1. The van der Waals surface area contributed by atoms with Gasteiger partial charge in [0.15, 0.2) is 5.82 Å². The molecule has 0 bridgehead atoms. The zero-order chi connectivity index (χ0) is 21.3. The molecule has 152 valence electrons. The average Bonchev–Trinajstić information content (AvgIpc) is 3.39. The zero-order valence-electron chi connectivity index (χ0n) is 15.7. The minimum atomic E-state index is -3.79. The quantitative estimate of drug-likeness (QED) is 0.490. The van der Waals surface area contributed by atoms with E-state index in [4.69, 9.17) is 11.6 Å². The van der Waals surface area contributed by atoms with Crippen molar-refractivity contribution >= 4 is 33.5 Å². The molecule has 30 heavy (non-hydrogen) atoms. The molecule has 2 heterocycles. The molecule has 0 aliphatic rings. The molecule has 0 spiro atoms. The van der Waals surface area contributed by atoms with Gasteiger partial charge in [0.25, 0.3) is 15.9 Å². The largest absolute Gasteiger partial charge is 0.289 e. The molecular formula is C20H16ClN5O3S. The van der Waals surface area contributed by atoms with Crippen LogP contribution in [0.25, 0.3) is 11.4 Å². The summed E-state index contributed by atoms with van der Waals surface area (Å²) in [5, 5.41) is 9.84. The Kier molecular flexibility index (Phi) is 5.15. The highest BCUT2D eigenvalue weighted by Crippen LogP contribution is 2.20. The number of anilines is 1. The molecule has 0 aliphatic heterocycles. The number of carbonyl (C=O) groups excluding carboxylic acids is 1. The minimum Gasteiger partial charge on any atom is -0.289 e. The van der Waals surface area contributed by atoms with Gasteiger partial charge >= 0.3 is 0 Å². The van der Waals surface area contributed by atoms with Crippen LogP contribution in [0.1, 0.15) is 15.9 Å². The van der Waals surface area contributed by atoms with Gasteiger partial charge in [0.1, 0.15) is 0 Å². The Morgan fingerprint density at radius 1 is 1.07 bits per heavy atom. The zero-order valence-corrected chi connectivity index (χ0v) is 17.3. The fourth-order valence-electron chi connectivity index (χ4n) is 2.72. The Bertz CT molecular complexity index is 1310. The van der Waals surface area contributed by atoms with Crippen molar-refractivity contribution in [2.45, 2.75) is 11.8 Å². The van der Waals surface area contributed by atoms with E-state index in [1.807, 2.05) is 6.92 Å². The Morgan fingerprint density at radius 3 is 2.47 bits per heavy atom. The summed E-state index contributed by atoms with van der Waals surface area (Å²) >= 11 is 5.87. The van der Waals surface area contributed by atoms with Gasteiger partial charge in [0, 0.05) is 23.0 Å². The molecule has 0 unspecified atom stereocenters. The van der Waals surface area contributed by atoms with Crippen molar-refractivity contribution in [1.82, 2.24) is 19.2 Å². The fraction of sp³-hybridized carbons (Fsp3) is 0.0500. The second kappa shape index (κ2) is 7.77. The van der Waals surface area contributed by atoms with E-state index in [0.717, 1.165) is 15.1 Å². The number of halogens is 1. The first-order valence-electron chi connectivity index (χ1n) is 8.83. The summed E-state index contributed by atoms with van der Waals surface area (Å²) in [5.41, 5.74) is 1.86. The molecule has 2 aromatic carbocycles. The van der Waals surface area contributed by atoms with E-state index in [1.54, 1.807) is 36.4 Å². The smallest absolute Gasteiger partial charge is 0.267 e. The number of amides is 1. The first-order valence-corrected chi connectivity index (χ1v) is 10.6. The van der Waals surface area contributed by atoms with E-state index >= 15 is 0 Å². The van der Waals surface area contributed by atoms with E-state index in [1.165, 1.54) is 30.6 Å². The number of aromatic nitrogens is 4. The molecule has 2 aromatic heterocycles. The highest BCUT2D eigenvalue weighted by molar-refractivity contribution is 7.90. The van der Waals surface area contributed by atoms with Crippen LogP contribution in [0.3, 0.4) is 0 Å². The molecule has 0 aliphatic carbocycles. The third-order valence-electron chi connectivity index (χ3n) is 4.35. The first kappa shape index (κ1) is 19.9. The number of H-pyrrole nitrogens is 1. The Hall–Kier alpha value is -3.43. The molecule has 0 atom stereocenters. The topological polar surface area (TPSA) is 110 Å². The summed E-state index contributed by atoms with van der Waals surface area (Å²) in [4.78, 5) is 16.9. The lowest BCUT2D eigenvalue weighted by molar-refractivity contribution is 0.102. The van der Waals surface area contributed by atoms with Crippen molar-refractivity contribution in [2.75, 3.05) is 5.32 Å². The third kappa shape index (κ3) is 3.98. The second-order valence-electron chi connectivity index (χ2n) is 6.52. The molecular weight excluding hydrogens is 426 g/mol. The van der Waals surface area contributed by atoms with E-state index in [2.05, 4.69) is 20.5 Å². The van der Waals surface area contributed by atoms with E-state index < -0.39 is 15.9 Å². The van der Waals surface area contributed by atoms with Gasteiger partial charge in [-0.05, 0) is 49.4 Å². The normalized spacial score (nSPS) is 11.4. The highest BCUT2D eigenvalue weighted by Gasteiger charge is 2.19. The Morgan fingerprint density at radius 2 is 1.77 bits per heavy atom. The van der Waals surface area contributed by atoms with Crippen molar-refractivity contribution in [2.24, 2.45) is 0 Å². The number of hydrogen-bond acceptors (Lipinski definition) is 5. The van der Waals surface area contributed by atoms with Gasteiger partial charge in [-0.15, -0.1) is 5.10 Å². The summed E-state index contributed by atoms with van der Waals surface area (Å²) in [6.45, 7) is 1.87. The summed E-state index contributed by atoms with van der Waals surface area (Å²) in [5.74, 6) is -0.00455. The lowest BCUT2D eigenvalue weighted by atomic mass is 10.2. The lowest BCUT2D eigenvalue weighted by Crippen LogP contribution is -2.14. The average molecular weight is 442 g/mol. The van der Waals surface area contributed by atoms with Crippen molar-refractivity contribution in [3.63, 3.8) is 0 Å². The number of rotatable bonds is 5. The third-order valence-corrected chi connectivity index (χ3v) is 6.26. The van der Waals surface area contributed by atoms with Crippen LogP contribution in [-0.4, -0.2) is 33.5 Å². The number of nitrogens with one attached hydrogen (secondary N) is 2. The van der Waals surface area contributed by atoms with Crippen molar-refractivity contribution in [3.05, 3.63) is 83.1 Å². The molecule has 0 saturated carbocycles. The van der Waals surface area contributed by atoms with Crippen LogP contribution < -0.4 is 5.32 Å². The number of benzene rings is 2. The summed E-state index contributed by atoms with van der Waals surface area (Å²) in [6, 6.07) is 14.9. The second-order valence-corrected chi connectivity index (χ2v) is 8.80. The van der Waals surface area contributed by atoms with E-state index in [-0.39, 0.29) is 16.4 Å². The van der Waals surface area contributed by atoms with E-state index in [9.17, 15) is 13.2 Å². The molecule has 10 heteroatoms. The maximum absolute atomic E-state index is 12.7. The van der Waals surface area contributed by atoms with E-state index in [0.29, 0.717) is 10.8 Å². The Balaban J connectivity index is 1.51. The number of aromatic amines is 1. The molecule has 2 N–H and O–H groups in total. The standard InChI is InChI=1S/C20H16ClN5O3S/c1-13-2-8-17(9-3-13)30(28,29)26-11-10-15(12-26)19(27)23-20-22-18(24-25-20)14-4-6-16(21)7-5-14/h2-12H,1H3,(H2,22,23,24,25,27). The lowest BCUT2D eigenvalue weighted by Gasteiger charge is -2.05. The number of nitrogens with zero attached hydrogens (tertiary/aromatic N) is 3. The van der Waals surface area contributed by atoms with Crippen molar-refractivity contribution in [3.8, 4) is 11.4 Å². The molecule has 8 nitrogen and oxygen atoms in total. The summed E-state index contributed by atoms with van der Waals surface area (Å²) in [7, 11) is -3.79. The van der Waals surface area contributed by atoms with Crippen LogP contribution in [0.15, 0.2) is 71.9 Å². The maximum atomic E-state index is 12.7. The molecule has 1 amide bonds. The van der Waals surface area contributed by atoms with Crippen molar-refractivity contribution < 1.29 is 13.2 Å². The summed E-state index contributed by atoms with van der Waals surface area (Å²) in [6.07, 6.45) is 2.57. The predicted molar refractivity (Wildman–Crippen MR) is 113 cm³/mol. The van der Waals surface area contributed by atoms with Crippen LogP contribution >= 0.6 is 11.6 Å². The van der Waals surface area contributed by atoms with Crippen LogP contribution in [0, 0.1) is 6.92 Å². The van der Waals surface area contributed by atoms with Crippen LogP contribution in [0.5, 0.6) is 0 Å². The first-order chi connectivity index (χ1) is 14.3. The Labute approximate surface area is 177 Å². The van der Waals surface area contributed by atoms with Gasteiger partial charge in [-0.25, -0.2) is 12.4 Å². The molecule has 0 radical (unpaired) electrons. The van der Waals surface area contributed by atoms with Crippen molar-refractivity contribution in [1.29, 1.82) is 0 Å². The van der Waals surface area contributed by atoms with Gasteiger partial charge in [0.2, 0.25) is 5.95 Å². The van der Waals surface area contributed by atoms with Gasteiger partial charge in [-0.3, -0.25) is 15.2 Å². The van der Waals surface area contributed by atoms with Crippen LogP contribution in [0.4, 0.5) is 5.95 Å². The maximum Gasteiger partial charge on any atom is 0.267 e. The monoisotopic (exact) mass is 441 g/mol. The number of hydrogen-bond donors (Lipinski definition) is 2. The fourth-order valence-corrected chi connectivity index (χ4v) is 4.04. The minimum absolute atomic E-state index is 0.0686. The molecule has 0 saturated heterocycles. The number of carbonyl (C=O) groups is 1. The van der Waals surface area contributed by atoms with Crippen LogP contribution in [-0.2, 0) is 10.0 Å². The van der Waals surface area contributed by atoms with Gasteiger partial charge in [0.05, 0.1) is 10.5 Å². The number of aryl methyl sites for hydroxylation is 1. The molecule has 0 fully saturated rings. The summed E-state index contributed by atoms with van der Waals surface area (Å²) < 4.78 is 26.4. The van der Waals surface area contributed by atoms with Gasteiger partial charge in [-0.1, -0.05) is 29.3 Å². The molecule has 4 rings (SSSR count).